The van der Waals surface area contributed by atoms with E-state index in [0.29, 0.717) is 0 Å². The van der Waals surface area contributed by atoms with Crippen LogP contribution in [0.3, 0.4) is 0 Å². The first-order valence-corrected chi connectivity index (χ1v) is 7.39. The Kier molecular flexibility index (Phi) is 6.32. The minimum absolute atomic E-state index is 0.757. The molecule has 0 aliphatic rings. The predicted molar refractivity (Wildman–Crippen MR) is 65.2 cm³/mol. The molecule has 0 bridgehead atoms. The van der Waals surface area contributed by atoms with Crippen molar-refractivity contribution < 1.29 is 8.85 Å². The Morgan fingerprint density at radius 1 is 1.07 bits per heavy atom. The second kappa shape index (κ2) is 7.62. The molecule has 0 amide bonds. The number of hydrogen-bond acceptors (Lipinski definition) is 2. The summed E-state index contributed by atoms with van der Waals surface area (Å²) in [5.41, 5.74) is 1.32. The summed E-state index contributed by atoms with van der Waals surface area (Å²) in [5.74, 6) is 0. The smallest absolute Gasteiger partial charge is 0.325 e. The zero-order valence-electron chi connectivity index (χ0n) is 9.61. The first-order valence-electron chi connectivity index (χ1n) is 5.64. The van der Waals surface area contributed by atoms with E-state index in [-0.39, 0.29) is 0 Å². The van der Waals surface area contributed by atoms with E-state index in [1.165, 1.54) is 5.56 Å². The highest BCUT2D eigenvalue weighted by molar-refractivity contribution is 6.43. The van der Waals surface area contributed by atoms with Crippen LogP contribution >= 0.6 is 0 Å². The lowest BCUT2D eigenvalue weighted by Gasteiger charge is -2.15. The van der Waals surface area contributed by atoms with Gasteiger partial charge in [-0.1, -0.05) is 37.3 Å². The zero-order chi connectivity index (χ0) is 10.9. The molecule has 2 nitrogen and oxygen atoms in total. The molecule has 0 radical (unpaired) electrons. The van der Waals surface area contributed by atoms with Crippen molar-refractivity contribution in [3.05, 3.63) is 35.9 Å². The van der Waals surface area contributed by atoms with E-state index in [1.807, 2.05) is 13.0 Å². The summed E-state index contributed by atoms with van der Waals surface area (Å²) in [7, 11) is -1.48. The Hall–Kier alpha value is -0.643. The topological polar surface area (TPSA) is 18.5 Å². The van der Waals surface area contributed by atoms with Crippen molar-refractivity contribution >= 4 is 9.28 Å². The minimum atomic E-state index is -1.48. The third-order valence-electron chi connectivity index (χ3n) is 2.11. The van der Waals surface area contributed by atoms with Crippen molar-refractivity contribution in [2.45, 2.75) is 26.3 Å². The Bertz CT molecular complexity index is 251. The van der Waals surface area contributed by atoms with Crippen LogP contribution in [-0.2, 0) is 14.9 Å². The maximum Gasteiger partial charge on any atom is 0.325 e. The average molecular weight is 224 g/mol. The van der Waals surface area contributed by atoms with Crippen LogP contribution in [0.1, 0.15) is 25.8 Å². The zero-order valence-corrected chi connectivity index (χ0v) is 10.8. The summed E-state index contributed by atoms with van der Waals surface area (Å²) >= 11 is 0. The first-order chi connectivity index (χ1) is 7.36. The molecule has 3 heteroatoms. The highest BCUT2D eigenvalue weighted by Gasteiger charge is 2.12. The summed E-state index contributed by atoms with van der Waals surface area (Å²) in [4.78, 5) is 0. The Balaban J connectivity index is 2.43. The fraction of sp³-hybridized carbons (Fsp3) is 0.500. The van der Waals surface area contributed by atoms with Crippen molar-refractivity contribution in [1.29, 1.82) is 0 Å². The van der Waals surface area contributed by atoms with Crippen molar-refractivity contribution in [3.63, 3.8) is 0 Å². The summed E-state index contributed by atoms with van der Waals surface area (Å²) < 4.78 is 11.4. The van der Waals surface area contributed by atoms with E-state index in [4.69, 9.17) is 8.85 Å². The summed E-state index contributed by atoms with van der Waals surface area (Å²) in [6.45, 7) is 5.73. The molecular weight excluding hydrogens is 204 g/mol. The van der Waals surface area contributed by atoms with Gasteiger partial charge in [0.05, 0.1) is 0 Å². The Morgan fingerprint density at radius 3 is 2.40 bits per heavy atom. The molecule has 1 unspecified atom stereocenters. The molecular formula is C12H20O2Si. The standard InChI is InChI=1S/C12H20O2Si/c1-3-10-14-15(13-4-2)11-12-8-6-5-7-9-12/h5-9,15H,3-4,10-11H2,1-2H3. The second-order valence-electron chi connectivity index (χ2n) is 3.45. The molecule has 1 atom stereocenters. The third-order valence-corrected chi connectivity index (χ3v) is 4.22. The molecule has 0 aliphatic heterocycles. The van der Waals surface area contributed by atoms with E-state index < -0.39 is 9.28 Å². The van der Waals surface area contributed by atoms with E-state index in [1.54, 1.807) is 0 Å². The van der Waals surface area contributed by atoms with Gasteiger partial charge in [-0.2, -0.15) is 0 Å². The number of benzene rings is 1. The van der Waals surface area contributed by atoms with Gasteiger partial charge in [0.1, 0.15) is 0 Å². The lowest BCUT2D eigenvalue weighted by atomic mass is 10.2. The number of rotatable bonds is 7. The van der Waals surface area contributed by atoms with Crippen molar-refractivity contribution in [3.8, 4) is 0 Å². The van der Waals surface area contributed by atoms with Crippen molar-refractivity contribution in [2.75, 3.05) is 13.2 Å². The Labute approximate surface area is 94.1 Å². The molecule has 15 heavy (non-hydrogen) atoms. The maximum atomic E-state index is 5.75. The quantitative estimate of drug-likeness (QED) is 0.662. The van der Waals surface area contributed by atoms with Crippen LogP contribution in [0.2, 0.25) is 0 Å². The molecule has 0 saturated carbocycles. The van der Waals surface area contributed by atoms with Crippen LogP contribution in [0.4, 0.5) is 0 Å². The van der Waals surface area contributed by atoms with Crippen LogP contribution in [0.25, 0.3) is 0 Å². The lowest BCUT2D eigenvalue weighted by molar-refractivity contribution is 0.204. The molecule has 1 aromatic carbocycles. The van der Waals surface area contributed by atoms with E-state index in [9.17, 15) is 0 Å². The van der Waals surface area contributed by atoms with Gasteiger partial charge in [0.15, 0.2) is 0 Å². The summed E-state index contributed by atoms with van der Waals surface area (Å²) in [6.07, 6.45) is 1.06. The van der Waals surface area contributed by atoms with Crippen LogP contribution in [-0.4, -0.2) is 22.5 Å². The normalized spacial score (nSPS) is 12.7. The predicted octanol–water partition coefficient (Wildman–Crippen LogP) is 2.45. The molecule has 0 saturated heterocycles. The summed E-state index contributed by atoms with van der Waals surface area (Å²) in [6, 6.07) is 11.4. The lowest BCUT2D eigenvalue weighted by Crippen LogP contribution is -2.26. The van der Waals surface area contributed by atoms with Gasteiger partial charge in [0.2, 0.25) is 0 Å². The van der Waals surface area contributed by atoms with Crippen LogP contribution < -0.4 is 0 Å². The van der Waals surface area contributed by atoms with Crippen LogP contribution in [0.5, 0.6) is 0 Å². The molecule has 0 fully saturated rings. The molecule has 0 N–H and O–H groups in total. The van der Waals surface area contributed by atoms with E-state index in [0.717, 1.165) is 25.7 Å². The van der Waals surface area contributed by atoms with E-state index in [2.05, 4.69) is 31.2 Å². The van der Waals surface area contributed by atoms with Gasteiger partial charge in [0.25, 0.3) is 0 Å². The number of hydrogen-bond donors (Lipinski definition) is 0. The molecule has 0 aromatic heterocycles. The van der Waals surface area contributed by atoms with Gasteiger partial charge in [-0.05, 0) is 18.9 Å². The fourth-order valence-corrected chi connectivity index (χ4v) is 3.27. The van der Waals surface area contributed by atoms with Gasteiger partial charge in [-0.15, -0.1) is 0 Å². The Morgan fingerprint density at radius 2 is 1.80 bits per heavy atom. The third kappa shape index (κ3) is 5.11. The SMILES string of the molecule is CCCO[SiH](Cc1ccccc1)OCC. The molecule has 84 valence electrons. The molecule has 1 rings (SSSR count). The maximum absolute atomic E-state index is 5.75. The van der Waals surface area contributed by atoms with Crippen molar-refractivity contribution in [1.82, 2.24) is 0 Å². The van der Waals surface area contributed by atoms with Gasteiger partial charge >= 0.3 is 9.28 Å². The molecule has 0 aliphatic carbocycles. The first kappa shape index (κ1) is 12.4. The fourth-order valence-electron chi connectivity index (χ4n) is 1.41. The molecule has 0 spiro atoms. The molecule has 1 aromatic rings. The largest absolute Gasteiger partial charge is 0.397 e. The van der Waals surface area contributed by atoms with Crippen LogP contribution in [0, 0.1) is 0 Å². The minimum Gasteiger partial charge on any atom is -0.397 e. The van der Waals surface area contributed by atoms with Gasteiger partial charge < -0.3 is 8.85 Å². The highest BCUT2D eigenvalue weighted by Crippen LogP contribution is 2.04. The average Bonchev–Trinajstić information content (AvgIpc) is 2.28. The highest BCUT2D eigenvalue weighted by atomic mass is 28.3. The van der Waals surface area contributed by atoms with Gasteiger partial charge in [-0.3, -0.25) is 0 Å². The van der Waals surface area contributed by atoms with Crippen LogP contribution in [0.15, 0.2) is 30.3 Å². The summed E-state index contributed by atoms with van der Waals surface area (Å²) in [5, 5.41) is 0. The van der Waals surface area contributed by atoms with Crippen molar-refractivity contribution in [2.24, 2.45) is 0 Å². The van der Waals surface area contributed by atoms with E-state index >= 15 is 0 Å². The second-order valence-corrected chi connectivity index (χ2v) is 5.38. The molecule has 0 heterocycles. The van der Waals surface area contributed by atoms with Gasteiger partial charge in [-0.25, -0.2) is 0 Å². The monoisotopic (exact) mass is 224 g/mol. The van der Waals surface area contributed by atoms with Gasteiger partial charge in [0, 0.05) is 19.3 Å².